The molecule has 0 aliphatic heterocycles. The fourth-order valence-corrected chi connectivity index (χ4v) is 1.63. The van der Waals surface area contributed by atoms with Gasteiger partial charge in [-0.1, -0.05) is 6.92 Å². The summed E-state index contributed by atoms with van der Waals surface area (Å²) in [7, 11) is 0. The molecule has 2 atom stereocenters. The van der Waals surface area contributed by atoms with Crippen LogP contribution in [0.4, 0.5) is 0 Å². The van der Waals surface area contributed by atoms with Crippen molar-refractivity contribution in [2.24, 2.45) is 5.73 Å². The maximum absolute atomic E-state index is 12.2. The molecular formula is C14H30N4O2. The number of carbonyl (C=O) groups is 1. The Morgan fingerprint density at radius 2 is 2.00 bits per heavy atom. The maximum atomic E-state index is 12.2. The minimum absolute atomic E-state index is 0.0475. The third-order valence-electron chi connectivity index (χ3n) is 2.77. The average Bonchev–Trinajstić information content (AvgIpc) is 2.30. The summed E-state index contributed by atoms with van der Waals surface area (Å²) < 4.78 is 5.43. The molecule has 5 N–H and O–H groups in total. The molecule has 0 saturated carbocycles. The monoisotopic (exact) mass is 286 g/mol. The van der Waals surface area contributed by atoms with E-state index in [2.05, 4.69) is 17.6 Å². The van der Waals surface area contributed by atoms with Gasteiger partial charge in [0.15, 0.2) is 5.96 Å². The lowest BCUT2D eigenvalue weighted by molar-refractivity contribution is -0.157. The van der Waals surface area contributed by atoms with Gasteiger partial charge in [0.1, 0.15) is 11.6 Å². The smallest absolute Gasteiger partial charge is 0.323 e. The van der Waals surface area contributed by atoms with E-state index in [0.717, 1.165) is 12.8 Å². The lowest BCUT2D eigenvalue weighted by Crippen LogP contribution is -2.45. The lowest BCUT2D eigenvalue weighted by atomic mass is 10.1. The van der Waals surface area contributed by atoms with Crippen molar-refractivity contribution in [1.82, 2.24) is 10.6 Å². The van der Waals surface area contributed by atoms with E-state index in [9.17, 15) is 4.79 Å². The van der Waals surface area contributed by atoms with E-state index in [1.165, 1.54) is 0 Å². The van der Waals surface area contributed by atoms with Crippen LogP contribution >= 0.6 is 0 Å². The Balaban J connectivity index is 4.40. The molecule has 0 fully saturated rings. The zero-order valence-electron chi connectivity index (χ0n) is 13.4. The molecule has 0 radical (unpaired) electrons. The summed E-state index contributed by atoms with van der Waals surface area (Å²) >= 11 is 0. The molecule has 2 unspecified atom stereocenters. The largest absolute Gasteiger partial charge is 0.459 e. The van der Waals surface area contributed by atoms with Gasteiger partial charge >= 0.3 is 5.97 Å². The van der Waals surface area contributed by atoms with E-state index in [1.54, 1.807) is 0 Å². The highest BCUT2D eigenvalue weighted by molar-refractivity contribution is 5.76. The summed E-state index contributed by atoms with van der Waals surface area (Å²) in [5.41, 5.74) is 4.74. The van der Waals surface area contributed by atoms with E-state index >= 15 is 0 Å². The quantitative estimate of drug-likeness (QED) is 0.233. The van der Waals surface area contributed by atoms with Crippen LogP contribution in [0.2, 0.25) is 0 Å². The van der Waals surface area contributed by atoms with Crippen molar-refractivity contribution in [3.8, 4) is 0 Å². The molecule has 0 amide bonds. The zero-order valence-corrected chi connectivity index (χ0v) is 13.4. The molecule has 0 spiro atoms. The predicted molar refractivity (Wildman–Crippen MR) is 81.7 cm³/mol. The third-order valence-corrected chi connectivity index (χ3v) is 2.77. The summed E-state index contributed by atoms with van der Waals surface area (Å²) in [6.07, 6.45) is 2.34. The summed E-state index contributed by atoms with van der Waals surface area (Å²) in [6, 6.07) is -0.0637. The minimum atomic E-state index is -0.482. The first-order chi connectivity index (χ1) is 9.15. The Bertz CT molecular complexity index is 313. The van der Waals surface area contributed by atoms with Crippen LogP contribution in [0.25, 0.3) is 0 Å². The van der Waals surface area contributed by atoms with E-state index in [1.807, 2.05) is 27.7 Å². The van der Waals surface area contributed by atoms with E-state index in [4.69, 9.17) is 15.9 Å². The molecule has 0 rings (SSSR count). The average molecular weight is 286 g/mol. The van der Waals surface area contributed by atoms with Crippen LogP contribution in [0.5, 0.6) is 0 Å². The Morgan fingerprint density at radius 3 is 2.45 bits per heavy atom. The number of rotatable bonds is 8. The Morgan fingerprint density at radius 1 is 1.40 bits per heavy atom. The lowest BCUT2D eigenvalue weighted by Gasteiger charge is -2.26. The first-order valence-corrected chi connectivity index (χ1v) is 7.22. The van der Waals surface area contributed by atoms with Crippen molar-refractivity contribution in [2.75, 3.05) is 6.54 Å². The first-order valence-electron chi connectivity index (χ1n) is 7.22. The SMILES string of the molecule is CCC(C)NC(CCCNC(=N)N)C(=O)OC(C)(C)C. The molecule has 0 heterocycles. The van der Waals surface area contributed by atoms with Gasteiger partial charge in [-0.2, -0.15) is 0 Å². The molecular weight excluding hydrogens is 256 g/mol. The first kappa shape index (κ1) is 18.7. The normalized spacial score (nSPS) is 14.4. The van der Waals surface area contributed by atoms with Crippen molar-refractivity contribution < 1.29 is 9.53 Å². The van der Waals surface area contributed by atoms with Gasteiger partial charge in [-0.3, -0.25) is 10.2 Å². The van der Waals surface area contributed by atoms with E-state index in [-0.39, 0.29) is 24.0 Å². The van der Waals surface area contributed by atoms with Gasteiger partial charge in [0.2, 0.25) is 0 Å². The molecule has 0 aliphatic carbocycles. The Kier molecular flexibility index (Phi) is 8.22. The van der Waals surface area contributed by atoms with Gasteiger partial charge < -0.3 is 21.1 Å². The number of nitrogens with two attached hydrogens (primary N) is 1. The van der Waals surface area contributed by atoms with Crippen LogP contribution in [0.1, 0.15) is 53.9 Å². The van der Waals surface area contributed by atoms with Crippen LogP contribution in [0.3, 0.4) is 0 Å². The second-order valence-corrected chi connectivity index (χ2v) is 6.04. The van der Waals surface area contributed by atoms with Crippen LogP contribution in [-0.2, 0) is 9.53 Å². The molecule has 0 aromatic rings. The highest BCUT2D eigenvalue weighted by atomic mass is 16.6. The minimum Gasteiger partial charge on any atom is -0.459 e. The van der Waals surface area contributed by atoms with E-state index < -0.39 is 5.60 Å². The van der Waals surface area contributed by atoms with Crippen LogP contribution < -0.4 is 16.4 Å². The van der Waals surface area contributed by atoms with Gasteiger partial charge in [0.05, 0.1) is 0 Å². The van der Waals surface area contributed by atoms with Gasteiger partial charge in [-0.25, -0.2) is 0 Å². The molecule has 0 aromatic heterocycles. The second kappa shape index (κ2) is 8.79. The maximum Gasteiger partial charge on any atom is 0.323 e. The second-order valence-electron chi connectivity index (χ2n) is 6.04. The van der Waals surface area contributed by atoms with Gasteiger partial charge in [-0.05, 0) is 47.0 Å². The molecule has 0 bridgehead atoms. The van der Waals surface area contributed by atoms with Crippen molar-refractivity contribution in [3.05, 3.63) is 0 Å². The summed E-state index contributed by atoms with van der Waals surface area (Å²) in [4.78, 5) is 12.2. The van der Waals surface area contributed by atoms with Gasteiger partial charge in [-0.15, -0.1) is 0 Å². The molecule has 0 aliphatic rings. The number of hydrogen-bond acceptors (Lipinski definition) is 4. The van der Waals surface area contributed by atoms with Crippen LogP contribution in [-0.4, -0.2) is 36.2 Å². The van der Waals surface area contributed by atoms with Gasteiger partial charge in [0, 0.05) is 12.6 Å². The zero-order chi connectivity index (χ0) is 15.8. The molecule has 6 heteroatoms. The highest BCUT2D eigenvalue weighted by Crippen LogP contribution is 2.11. The highest BCUT2D eigenvalue weighted by Gasteiger charge is 2.25. The number of guanidine groups is 1. The van der Waals surface area contributed by atoms with Crippen molar-refractivity contribution in [1.29, 1.82) is 5.41 Å². The predicted octanol–water partition coefficient (Wildman–Crippen LogP) is 1.35. The number of nitrogens with one attached hydrogen (secondary N) is 3. The molecule has 6 nitrogen and oxygen atoms in total. The summed E-state index contributed by atoms with van der Waals surface area (Å²) in [5, 5.41) is 13.1. The van der Waals surface area contributed by atoms with Crippen molar-refractivity contribution in [2.45, 2.75) is 71.6 Å². The number of carbonyl (C=O) groups excluding carboxylic acids is 1. The number of hydrogen-bond donors (Lipinski definition) is 4. The molecule has 118 valence electrons. The number of esters is 1. The Hall–Kier alpha value is -1.30. The van der Waals surface area contributed by atoms with E-state index in [0.29, 0.717) is 13.0 Å². The third kappa shape index (κ3) is 9.61. The fourth-order valence-electron chi connectivity index (χ4n) is 1.63. The topological polar surface area (TPSA) is 100 Å². The molecule has 0 aromatic carbocycles. The van der Waals surface area contributed by atoms with Crippen LogP contribution in [0.15, 0.2) is 0 Å². The summed E-state index contributed by atoms with van der Waals surface area (Å²) in [6.45, 7) is 10.3. The Labute approximate surface area is 122 Å². The van der Waals surface area contributed by atoms with Crippen LogP contribution in [0, 0.1) is 5.41 Å². The van der Waals surface area contributed by atoms with Crippen molar-refractivity contribution >= 4 is 11.9 Å². The molecule has 0 saturated heterocycles. The summed E-state index contributed by atoms with van der Waals surface area (Å²) in [5.74, 6) is -0.269. The fraction of sp³-hybridized carbons (Fsp3) is 0.857. The molecule has 20 heavy (non-hydrogen) atoms. The standard InChI is InChI=1S/C14H30N4O2/c1-6-10(2)18-11(8-7-9-17-13(15)16)12(19)20-14(3,4)5/h10-11,18H,6-9H2,1-5H3,(H4,15,16,17). The van der Waals surface area contributed by atoms with Crippen molar-refractivity contribution in [3.63, 3.8) is 0 Å². The van der Waals surface area contributed by atoms with Gasteiger partial charge in [0.25, 0.3) is 0 Å². The number of ether oxygens (including phenoxy) is 1.